The highest BCUT2D eigenvalue weighted by Gasteiger charge is 2.46. The standard InChI is InChI=1S/C17H26N4O4S/c1-16(2,3)25-15(22)20-9-7-17(8-10-20)11-21(12-17)13-5-6-14(19-18-13)26(4,23)24/h5-6H,7-12H2,1-4H3. The van der Waals surface area contributed by atoms with Gasteiger partial charge in [-0.3, -0.25) is 0 Å². The van der Waals surface area contributed by atoms with Crippen molar-refractivity contribution in [3.63, 3.8) is 0 Å². The minimum atomic E-state index is -3.33. The van der Waals surface area contributed by atoms with E-state index < -0.39 is 15.4 Å². The van der Waals surface area contributed by atoms with Gasteiger partial charge < -0.3 is 14.5 Å². The Morgan fingerprint density at radius 1 is 1.15 bits per heavy atom. The summed E-state index contributed by atoms with van der Waals surface area (Å²) in [5.41, 5.74) is -0.286. The van der Waals surface area contributed by atoms with Crippen LogP contribution in [0.4, 0.5) is 10.6 Å². The SMILES string of the molecule is CC(C)(C)OC(=O)N1CCC2(CC1)CN(c1ccc(S(C)(=O)=O)nn1)C2. The zero-order valence-electron chi connectivity index (χ0n) is 15.7. The van der Waals surface area contributed by atoms with Crippen molar-refractivity contribution in [3.8, 4) is 0 Å². The lowest BCUT2D eigenvalue weighted by Crippen LogP contribution is -2.61. The Kier molecular flexibility index (Phi) is 4.62. The number of amides is 1. The van der Waals surface area contributed by atoms with Gasteiger partial charge in [0.1, 0.15) is 5.60 Å². The molecule has 2 aliphatic heterocycles. The third kappa shape index (κ3) is 4.08. The fourth-order valence-electron chi connectivity index (χ4n) is 3.41. The van der Waals surface area contributed by atoms with Crippen molar-refractivity contribution in [2.45, 2.75) is 44.2 Å². The number of anilines is 1. The average Bonchev–Trinajstić information content (AvgIpc) is 2.50. The van der Waals surface area contributed by atoms with Gasteiger partial charge >= 0.3 is 6.09 Å². The number of sulfone groups is 1. The molecule has 1 spiro atoms. The summed E-state index contributed by atoms with van der Waals surface area (Å²) in [5.74, 6) is 0.692. The van der Waals surface area contributed by atoms with Crippen molar-refractivity contribution in [1.82, 2.24) is 15.1 Å². The molecule has 144 valence electrons. The van der Waals surface area contributed by atoms with E-state index in [9.17, 15) is 13.2 Å². The van der Waals surface area contributed by atoms with E-state index >= 15 is 0 Å². The second-order valence-electron chi connectivity index (χ2n) is 8.33. The Hall–Kier alpha value is -1.90. The molecule has 0 unspecified atom stereocenters. The highest BCUT2D eigenvalue weighted by atomic mass is 32.2. The van der Waals surface area contributed by atoms with Crippen molar-refractivity contribution in [3.05, 3.63) is 12.1 Å². The maximum Gasteiger partial charge on any atom is 0.410 e. The quantitative estimate of drug-likeness (QED) is 0.769. The molecule has 1 aromatic rings. The number of aromatic nitrogens is 2. The smallest absolute Gasteiger partial charge is 0.410 e. The number of piperidine rings is 1. The van der Waals surface area contributed by atoms with Crippen LogP contribution >= 0.6 is 0 Å². The largest absolute Gasteiger partial charge is 0.444 e. The monoisotopic (exact) mass is 382 g/mol. The van der Waals surface area contributed by atoms with Crippen LogP contribution in [0.3, 0.4) is 0 Å². The summed E-state index contributed by atoms with van der Waals surface area (Å²) in [5, 5.41) is 7.84. The molecule has 26 heavy (non-hydrogen) atoms. The van der Waals surface area contributed by atoms with Gasteiger partial charge in [-0.1, -0.05) is 0 Å². The normalized spacial score (nSPS) is 20.0. The zero-order valence-corrected chi connectivity index (χ0v) is 16.5. The molecule has 0 saturated carbocycles. The molecule has 8 nitrogen and oxygen atoms in total. The van der Waals surface area contributed by atoms with E-state index in [1.807, 2.05) is 20.8 Å². The van der Waals surface area contributed by atoms with Crippen molar-refractivity contribution in [1.29, 1.82) is 0 Å². The first-order chi connectivity index (χ1) is 12.0. The second kappa shape index (κ2) is 6.37. The molecule has 0 atom stereocenters. The van der Waals surface area contributed by atoms with Gasteiger partial charge in [0, 0.05) is 37.8 Å². The van der Waals surface area contributed by atoms with E-state index in [0.29, 0.717) is 18.9 Å². The van der Waals surface area contributed by atoms with Gasteiger partial charge in [-0.25, -0.2) is 13.2 Å². The van der Waals surface area contributed by atoms with Crippen molar-refractivity contribution in [2.24, 2.45) is 5.41 Å². The van der Waals surface area contributed by atoms with Gasteiger partial charge in [-0.15, -0.1) is 10.2 Å². The summed E-state index contributed by atoms with van der Waals surface area (Å²) in [6.45, 7) is 8.70. The summed E-state index contributed by atoms with van der Waals surface area (Å²) in [7, 11) is -3.33. The van der Waals surface area contributed by atoms with Crippen LogP contribution in [0.25, 0.3) is 0 Å². The minimum Gasteiger partial charge on any atom is -0.444 e. The third-order valence-corrected chi connectivity index (χ3v) is 5.84. The molecule has 0 bridgehead atoms. The van der Waals surface area contributed by atoms with Crippen LogP contribution < -0.4 is 4.90 Å². The number of nitrogens with zero attached hydrogens (tertiary/aromatic N) is 4. The van der Waals surface area contributed by atoms with Crippen LogP contribution in [0.15, 0.2) is 17.2 Å². The molecule has 3 rings (SSSR count). The van der Waals surface area contributed by atoms with Gasteiger partial charge in [0.25, 0.3) is 0 Å². The maximum atomic E-state index is 12.2. The number of carbonyl (C=O) groups excluding carboxylic acids is 1. The van der Waals surface area contributed by atoms with Crippen LogP contribution in [-0.2, 0) is 14.6 Å². The molecule has 2 saturated heterocycles. The Balaban J connectivity index is 1.53. The van der Waals surface area contributed by atoms with Crippen molar-refractivity contribution >= 4 is 21.7 Å². The van der Waals surface area contributed by atoms with Crippen LogP contribution in [-0.4, -0.2) is 67.6 Å². The summed E-state index contributed by atoms with van der Waals surface area (Å²) in [6, 6.07) is 3.19. The number of rotatable bonds is 2. The predicted octanol–water partition coefficient (Wildman–Crippen LogP) is 1.72. The predicted molar refractivity (Wildman–Crippen MR) is 96.8 cm³/mol. The number of hydrogen-bond donors (Lipinski definition) is 0. The first-order valence-corrected chi connectivity index (χ1v) is 10.6. The van der Waals surface area contributed by atoms with E-state index in [1.54, 1.807) is 11.0 Å². The fourth-order valence-corrected chi connectivity index (χ4v) is 3.92. The second-order valence-corrected chi connectivity index (χ2v) is 10.3. The maximum absolute atomic E-state index is 12.2. The summed E-state index contributed by atoms with van der Waals surface area (Å²) >= 11 is 0. The minimum absolute atomic E-state index is 0.0119. The van der Waals surface area contributed by atoms with Crippen LogP contribution in [0.2, 0.25) is 0 Å². The van der Waals surface area contributed by atoms with E-state index in [1.165, 1.54) is 6.07 Å². The average molecular weight is 382 g/mol. The van der Waals surface area contributed by atoms with Crippen LogP contribution in [0.5, 0.6) is 0 Å². The van der Waals surface area contributed by atoms with Gasteiger partial charge in [-0.05, 0) is 45.7 Å². The Bertz CT molecular complexity index is 770. The van der Waals surface area contributed by atoms with E-state index in [2.05, 4.69) is 15.1 Å². The number of hydrogen-bond acceptors (Lipinski definition) is 7. The number of ether oxygens (including phenoxy) is 1. The van der Waals surface area contributed by atoms with Crippen LogP contribution in [0, 0.1) is 5.41 Å². The van der Waals surface area contributed by atoms with Crippen LogP contribution in [0.1, 0.15) is 33.6 Å². The molecule has 3 heterocycles. The molecule has 2 fully saturated rings. The molecule has 0 aromatic carbocycles. The lowest BCUT2D eigenvalue weighted by Gasteiger charge is -2.54. The Labute approximate surface area is 154 Å². The van der Waals surface area contributed by atoms with Crippen molar-refractivity contribution < 1.29 is 17.9 Å². The highest BCUT2D eigenvalue weighted by Crippen LogP contribution is 2.42. The Morgan fingerprint density at radius 2 is 1.77 bits per heavy atom. The van der Waals surface area contributed by atoms with E-state index in [0.717, 1.165) is 32.2 Å². The summed E-state index contributed by atoms with van der Waals surface area (Å²) in [6.07, 6.45) is 2.73. The first kappa shape index (κ1) is 18.9. The summed E-state index contributed by atoms with van der Waals surface area (Å²) < 4.78 is 28.3. The topological polar surface area (TPSA) is 92.7 Å². The number of likely N-dealkylation sites (tertiary alicyclic amines) is 1. The molecule has 1 amide bonds. The number of carbonyl (C=O) groups is 1. The van der Waals surface area contributed by atoms with Gasteiger partial charge in [-0.2, -0.15) is 0 Å². The lowest BCUT2D eigenvalue weighted by molar-refractivity contribution is 0.00588. The molecule has 0 radical (unpaired) electrons. The van der Waals surface area contributed by atoms with Gasteiger partial charge in [0.15, 0.2) is 20.7 Å². The van der Waals surface area contributed by atoms with E-state index in [-0.39, 0.29) is 16.5 Å². The molecule has 1 aromatic heterocycles. The molecule has 0 N–H and O–H groups in total. The molecular formula is C17H26N4O4S. The van der Waals surface area contributed by atoms with Crippen molar-refractivity contribution in [2.75, 3.05) is 37.3 Å². The molecular weight excluding hydrogens is 356 g/mol. The lowest BCUT2D eigenvalue weighted by atomic mass is 9.72. The Morgan fingerprint density at radius 3 is 2.23 bits per heavy atom. The third-order valence-electron chi connectivity index (χ3n) is 4.86. The van der Waals surface area contributed by atoms with E-state index in [4.69, 9.17) is 4.74 Å². The zero-order chi connectivity index (χ0) is 19.2. The summed E-state index contributed by atoms with van der Waals surface area (Å²) in [4.78, 5) is 16.0. The molecule has 2 aliphatic rings. The molecule has 9 heteroatoms. The van der Waals surface area contributed by atoms with Gasteiger partial charge in [0.2, 0.25) is 0 Å². The first-order valence-electron chi connectivity index (χ1n) is 8.74. The highest BCUT2D eigenvalue weighted by molar-refractivity contribution is 7.90. The molecule has 0 aliphatic carbocycles. The fraction of sp³-hybridized carbons (Fsp3) is 0.706. The van der Waals surface area contributed by atoms with Gasteiger partial charge in [0.05, 0.1) is 0 Å².